The molecule has 3 nitrogen and oxygen atoms in total. The van der Waals surface area contributed by atoms with Crippen LogP contribution in [0.3, 0.4) is 0 Å². The monoisotopic (exact) mass is 216 g/mol. The largest absolute Gasteiger partial charge is 0.476 e. The molecule has 0 aromatic heterocycles. The fourth-order valence-electron chi connectivity index (χ4n) is 0.954. The smallest absolute Gasteiger partial charge is 0.344 e. The van der Waals surface area contributed by atoms with Crippen LogP contribution in [-0.4, -0.2) is 19.2 Å². The number of hydrogen-bond donors (Lipinski definition) is 0. The van der Waals surface area contributed by atoms with Crippen LogP contribution in [0.2, 0.25) is 0 Å². The SMILES string of the molecule is CCOC(=O)COc1c(F)cccc1F. The minimum Gasteiger partial charge on any atom is -0.476 e. The molecule has 82 valence electrons. The summed E-state index contributed by atoms with van der Waals surface area (Å²) >= 11 is 0. The first-order valence-corrected chi connectivity index (χ1v) is 4.37. The molecule has 0 radical (unpaired) electrons. The van der Waals surface area contributed by atoms with Crippen LogP contribution in [0.4, 0.5) is 8.78 Å². The average molecular weight is 216 g/mol. The first-order chi connectivity index (χ1) is 7.15. The van der Waals surface area contributed by atoms with Crippen LogP contribution in [0, 0.1) is 11.6 Å². The third-order valence-electron chi connectivity index (χ3n) is 1.56. The fourth-order valence-corrected chi connectivity index (χ4v) is 0.954. The number of ether oxygens (including phenoxy) is 2. The van der Waals surface area contributed by atoms with Crippen LogP contribution < -0.4 is 4.74 Å². The number of benzene rings is 1. The number of rotatable bonds is 4. The molecule has 0 heterocycles. The van der Waals surface area contributed by atoms with E-state index in [4.69, 9.17) is 0 Å². The van der Waals surface area contributed by atoms with Crippen molar-refractivity contribution in [1.29, 1.82) is 0 Å². The molecule has 0 aliphatic carbocycles. The van der Waals surface area contributed by atoms with Gasteiger partial charge in [-0.25, -0.2) is 13.6 Å². The fraction of sp³-hybridized carbons (Fsp3) is 0.300. The highest BCUT2D eigenvalue weighted by molar-refractivity contribution is 5.71. The van der Waals surface area contributed by atoms with Gasteiger partial charge in [0, 0.05) is 0 Å². The Balaban J connectivity index is 2.61. The molecule has 0 saturated heterocycles. The second-order valence-electron chi connectivity index (χ2n) is 2.64. The lowest BCUT2D eigenvalue weighted by atomic mass is 10.3. The van der Waals surface area contributed by atoms with Crippen LogP contribution in [0.5, 0.6) is 5.75 Å². The summed E-state index contributed by atoms with van der Waals surface area (Å²) in [5, 5.41) is 0. The van der Waals surface area contributed by atoms with E-state index in [2.05, 4.69) is 9.47 Å². The zero-order chi connectivity index (χ0) is 11.3. The van der Waals surface area contributed by atoms with Gasteiger partial charge >= 0.3 is 5.97 Å². The van der Waals surface area contributed by atoms with E-state index in [1.54, 1.807) is 6.92 Å². The van der Waals surface area contributed by atoms with Gasteiger partial charge in [0.15, 0.2) is 24.0 Å². The normalized spacial score (nSPS) is 9.80. The van der Waals surface area contributed by atoms with Crippen molar-refractivity contribution in [1.82, 2.24) is 0 Å². The van der Waals surface area contributed by atoms with Gasteiger partial charge in [0.2, 0.25) is 0 Å². The van der Waals surface area contributed by atoms with Gasteiger partial charge in [0.25, 0.3) is 0 Å². The molecule has 0 N–H and O–H groups in total. The summed E-state index contributed by atoms with van der Waals surface area (Å²) in [7, 11) is 0. The maximum absolute atomic E-state index is 13.0. The van der Waals surface area contributed by atoms with Crippen molar-refractivity contribution in [3.05, 3.63) is 29.8 Å². The molecule has 0 bridgehead atoms. The van der Waals surface area contributed by atoms with Crippen molar-refractivity contribution >= 4 is 5.97 Å². The summed E-state index contributed by atoms with van der Waals surface area (Å²) in [4.78, 5) is 10.8. The van der Waals surface area contributed by atoms with Crippen LogP contribution in [0.1, 0.15) is 6.92 Å². The van der Waals surface area contributed by atoms with E-state index in [-0.39, 0.29) is 6.61 Å². The number of carbonyl (C=O) groups excluding carboxylic acids is 1. The summed E-state index contributed by atoms with van der Waals surface area (Å²) in [6, 6.07) is 3.30. The van der Waals surface area contributed by atoms with E-state index in [0.717, 1.165) is 12.1 Å². The summed E-state index contributed by atoms with van der Waals surface area (Å²) in [5.74, 6) is -2.93. The van der Waals surface area contributed by atoms with Gasteiger partial charge in [0.05, 0.1) is 6.61 Å². The molecule has 0 aliphatic heterocycles. The molecular weight excluding hydrogens is 206 g/mol. The van der Waals surface area contributed by atoms with E-state index in [0.29, 0.717) is 0 Å². The van der Waals surface area contributed by atoms with Gasteiger partial charge in [-0.3, -0.25) is 0 Å². The maximum atomic E-state index is 13.0. The van der Waals surface area contributed by atoms with Crippen LogP contribution in [0.25, 0.3) is 0 Å². The Morgan fingerprint density at radius 2 is 1.93 bits per heavy atom. The van der Waals surface area contributed by atoms with Gasteiger partial charge in [0.1, 0.15) is 0 Å². The lowest BCUT2D eigenvalue weighted by molar-refractivity contribution is -0.145. The van der Waals surface area contributed by atoms with E-state index < -0.39 is 30.0 Å². The summed E-state index contributed by atoms with van der Waals surface area (Å²) in [6.45, 7) is 1.31. The summed E-state index contributed by atoms with van der Waals surface area (Å²) in [6.07, 6.45) is 0. The highest BCUT2D eigenvalue weighted by Gasteiger charge is 2.11. The number of halogens is 2. The molecule has 0 fully saturated rings. The van der Waals surface area contributed by atoms with Crippen molar-refractivity contribution in [2.24, 2.45) is 0 Å². The predicted molar refractivity (Wildman–Crippen MR) is 48.5 cm³/mol. The van der Waals surface area contributed by atoms with Crippen LogP contribution >= 0.6 is 0 Å². The molecule has 1 rings (SSSR count). The molecule has 1 aromatic rings. The number of esters is 1. The van der Waals surface area contributed by atoms with Gasteiger partial charge in [-0.1, -0.05) is 6.07 Å². The lowest BCUT2D eigenvalue weighted by Gasteiger charge is -2.07. The van der Waals surface area contributed by atoms with Gasteiger partial charge < -0.3 is 9.47 Å². The second kappa shape index (κ2) is 5.29. The number of para-hydroxylation sites is 1. The average Bonchev–Trinajstić information content (AvgIpc) is 2.17. The predicted octanol–water partition coefficient (Wildman–Crippen LogP) is 1.91. The number of hydrogen-bond acceptors (Lipinski definition) is 3. The van der Waals surface area contributed by atoms with Gasteiger partial charge in [-0.2, -0.15) is 0 Å². The Morgan fingerprint density at radius 1 is 1.33 bits per heavy atom. The molecule has 5 heteroatoms. The Bertz CT molecular complexity index is 332. The maximum Gasteiger partial charge on any atom is 0.344 e. The third kappa shape index (κ3) is 3.19. The number of carbonyl (C=O) groups is 1. The van der Waals surface area contributed by atoms with E-state index in [1.807, 2.05) is 0 Å². The van der Waals surface area contributed by atoms with Crippen LogP contribution in [-0.2, 0) is 9.53 Å². The Kier molecular flexibility index (Phi) is 4.03. The molecule has 0 atom stereocenters. The second-order valence-corrected chi connectivity index (χ2v) is 2.64. The summed E-state index contributed by atoms with van der Waals surface area (Å²) in [5.41, 5.74) is 0. The van der Waals surface area contributed by atoms with Crippen molar-refractivity contribution in [3.8, 4) is 5.75 Å². The van der Waals surface area contributed by atoms with Gasteiger partial charge in [-0.05, 0) is 19.1 Å². The molecular formula is C10H10F2O3. The Morgan fingerprint density at radius 3 is 2.47 bits per heavy atom. The molecule has 0 saturated carbocycles. The first kappa shape index (κ1) is 11.4. The van der Waals surface area contributed by atoms with Crippen molar-refractivity contribution in [3.63, 3.8) is 0 Å². The molecule has 0 unspecified atom stereocenters. The highest BCUT2D eigenvalue weighted by Crippen LogP contribution is 2.20. The molecule has 0 spiro atoms. The van der Waals surface area contributed by atoms with E-state index in [9.17, 15) is 13.6 Å². The van der Waals surface area contributed by atoms with Crippen molar-refractivity contribution < 1.29 is 23.0 Å². The standard InChI is InChI=1S/C10H10F2O3/c1-2-14-9(13)6-15-10-7(11)4-3-5-8(10)12/h3-5H,2,6H2,1H3. The topological polar surface area (TPSA) is 35.5 Å². The van der Waals surface area contributed by atoms with E-state index in [1.165, 1.54) is 6.07 Å². The highest BCUT2D eigenvalue weighted by atomic mass is 19.1. The van der Waals surface area contributed by atoms with E-state index >= 15 is 0 Å². The minimum absolute atomic E-state index is 0.196. The quantitative estimate of drug-likeness (QED) is 0.721. The van der Waals surface area contributed by atoms with Crippen molar-refractivity contribution in [2.45, 2.75) is 6.92 Å². The summed E-state index contributed by atoms with van der Waals surface area (Å²) < 4.78 is 35.1. The first-order valence-electron chi connectivity index (χ1n) is 4.37. The lowest BCUT2D eigenvalue weighted by Crippen LogP contribution is -2.15. The third-order valence-corrected chi connectivity index (χ3v) is 1.56. The Labute approximate surface area is 85.6 Å². The molecule has 0 amide bonds. The molecule has 15 heavy (non-hydrogen) atoms. The van der Waals surface area contributed by atoms with Crippen LogP contribution in [0.15, 0.2) is 18.2 Å². The van der Waals surface area contributed by atoms with Gasteiger partial charge in [-0.15, -0.1) is 0 Å². The zero-order valence-corrected chi connectivity index (χ0v) is 8.13. The zero-order valence-electron chi connectivity index (χ0n) is 8.13. The molecule has 1 aromatic carbocycles. The minimum atomic E-state index is -0.848. The molecule has 0 aliphatic rings. The van der Waals surface area contributed by atoms with Crippen molar-refractivity contribution in [2.75, 3.05) is 13.2 Å². The Hall–Kier alpha value is -1.65.